The second kappa shape index (κ2) is 8.37. The summed E-state index contributed by atoms with van der Waals surface area (Å²) >= 11 is 0. The second-order valence-electron chi connectivity index (χ2n) is 7.32. The molecule has 168 valence electrons. The summed E-state index contributed by atoms with van der Waals surface area (Å²) in [6.07, 6.45) is 0.705. The van der Waals surface area contributed by atoms with Gasteiger partial charge in [0.2, 0.25) is 10.0 Å². The van der Waals surface area contributed by atoms with E-state index in [4.69, 9.17) is 0 Å². The highest BCUT2D eigenvalue weighted by molar-refractivity contribution is 7.91. The molecule has 6 nitrogen and oxygen atoms in total. The summed E-state index contributed by atoms with van der Waals surface area (Å²) in [6, 6.07) is 3.76. The van der Waals surface area contributed by atoms with Crippen molar-refractivity contribution >= 4 is 27.4 Å². The van der Waals surface area contributed by atoms with E-state index in [2.05, 4.69) is 10.0 Å². The van der Waals surface area contributed by atoms with Crippen LogP contribution in [-0.4, -0.2) is 21.0 Å². The predicted molar refractivity (Wildman–Crippen MR) is 108 cm³/mol. The number of sulfonamides is 1. The van der Waals surface area contributed by atoms with Crippen LogP contribution in [0.25, 0.3) is 0 Å². The molecule has 1 unspecified atom stereocenters. The molecule has 0 fully saturated rings. The van der Waals surface area contributed by atoms with Crippen LogP contribution in [0.2, 0.25) is 0 Å². The summed E-state index contributed by atoms with van der Waals surface area (Å²) in [4.78, 5) is 13.7. The molecule has 2 aromatic rings. The van der Waals surface area contributed by atoms with Gasteiger partial charge in [0.1, 0.15) is 5.75 Å². The zero-order chi connectivity index (χ0) is 23.1. The van der Waals surface area contributed by atoms with E-state index in [1.165, 1.54) is 17.0 Å². The number of urea groups is 1. The molecule has 31 heavy (non-hydrogen) atoms. The molecule has 0 radical (unpaired) electrons. The van der Waals surface area contributed by atoms with Crippen molar-refractivity contribution in [2.45, 2.75) is 39.0 Å². The quantitative estimate of drug-likeness (QED) is 0.494. The number of halogens is 4. The van der Waals surface area contributed by atoms with Crippen molar-refractivity contribution in [1.29, 1.82) is 0 Å². The Bertz CT molecular complexity index is 1130. The maximum atomic E-state index is 14.1. The highest BCUT2D eigenvalue weighted by atomic mass is 32.2. The summed E-state index contributed by atoms with van der Waals surface area (Å²) < 4.78 is 82.8. The first kappa shape index (κ1) is 22.9. The number of anilines is 2. The van der Waals surface area contributed by atoms with E-state index in [9.17, 15) is 30.8 Å². The molecule has 0 saturated heterocycles. The minimum absolute atomic E-state index is 0.0760. The predicted octanol–water partition coefficient (Wildman–Crippen LogP) is 4.49. The van der Waals surface area contributed by atoms with Crippen molar-refractivity contribution < 1.29 is 30.8 Å². The summed E-state index contributed by atoms with van der Waals surface area (Å²) in [5.41, 5.74) is -0.766. The van der Waals surface area contributed by atoms with Crippen molar-refractivity contribution in [3.05, 3.63) is 58.2 Å². The lowest BCUT2D eigenvalue weighted by atomic mass is 10.0. The highest BCUT2D eigenvalue weighted by Crippen LogP contribution is 2.34. The number of carbonyl (C=O) groups excluding carboxylic acids is 1. The normalized spacial score (nSPS) is 16.2. The Balaban J connectivity index is 1.92. The van der Waals surface area contributed by atoms with E-state index >= 15 is 0 Å². The van der Waals surface area contributed by atoms with Crippen LogP contribution < -0.4 is 14.9 Å². The Morgan fingerprint density at radius 2 is 1.71 bits per heavy atom. The van der Waals surface area contributed by atoms with Crippen LogP contribution in [0.5, 0.6) is 0 Å². The van der Waals surface area contributed by atoms with Gasteiger partial charge in [-0.15, -0.1) is 0 Å². The largest absolute Gasteiger partial charge is 0.331 e. The summed E-state index contributed by atoms with van der Waals surface area (Å²) in [6.45, 7) is 4.94. The molecule has 0 bridgehead atoms. The average molecular weight is 459 g/mol. The minimum Gasteiger partial charge on any atom is -0.331 e. The fourth-order valence-corrected chi connectivity index (χ4v) is 4.62. The number of amides is 2. The van der Waals surface area contributed by atoms with E-state index in [1.54, 1.807) is 13.0 Å². The third-order valence-electron chi connectivity index (χ3n) is 5.00. The summed E-state index contributed by atoms with van der Waals surface area (Å²) in [7, 11) is -4.42. The van der Waals surface area contributed by atoms with E-state index < -0.39 is 56.2 Å². The number of hydrogen-bond donors (Lipinski definition) is 2. The van der Waals surface area contributed by atoms with E-state index in [0.29, 0.717) is 24.2 Å². The number of rotatable bonds is 6. The molecule has 11 heteroatoms. The van der Waals surface area contributed by atoms with Crippen molar-refractivity contribution in [3.63, 3.8) is 0 Å². The zero-order valence-corrected chi connectivity index (χ0v) is 17.8. The first-order valence-electron chi connectivity index (χ1n) is 9.50. The lowest BCUT2D eigenvalue weighted by Gasteiger charge is -2.33. The summed E-state index contributed by atoms with van der Waals surface area (Å²) in [5.74, 6) is -8.08. The summed E-state index contributed by atoms with van der Waals surface area (Å²) in [5, 5.41) is 2.76. The first-order chi connectivity index (χ1) is 14.5. The lowest BCUT2D eigenvalue weighted by molar-refractivity contribution is 0.241. The van der Waals surface area contributed by atoms with Crippen molar-refractivity contribution in [1.82, 2.24) is 5.32 Å². The molecule has 0 aliphatic carbocycles. The molecule has 1 heterocycles. The molecule has 1 aliphatic heterocycles. The third kappa shape index (κ3) is 4.32. The van der Waals surface area contributed by atoms with Gasteiger partial charge < -0.3 is 5.32 Å². The molecule has 2 aromatic carbocycles. The topological polar surface area (TPSA) is 78.5 Å². The number of hydrogen-bond acceptors (Lipinski definition) is 3. The molecule has 0 saturated carbocycles. The van der Waals surface area contributed by atoms with Crippen LogP contribution in [0.4, 0.5) is 33.7 Å². The van der Waals surface area contributed by atoms with Gasteiger partial charge in [0, 0.05) is 28.9 Å². The second-order valence-corrected chi connectivity index (χ2v) is 9.04. The number of benzene rings is 2. The van der Waals surface area contributed by atoms with Gasteiger partial charge in [-0.2, -0.15) is 0 Å². The van der Waals surface area contributed by atoms with Crippen LogP contribution in [0.15, 0.2) is 18.2 Å². The van der Waals surface area contributed by atoms with Gasteiger partial charge in [-0.05, 0) is 38.5 Å². The molecule has 2 amide bonds. The van der Waals surface area contributed by atoms with Crippen molar-refractivity contribution in [3.8, 4) is 0 Å². The number of fused-ring (bicyclic) bond motifs is 1. The Kier molecular flexibility index (Phi) is 6.17. The number of nitrogens with zero attached hydrogens (tertiary/aromatic N) is 1. The smallest absolute Gasteiger partial charge is 0.322 e. The third-order valence-corrected chi connectivity index (χ3v) is 6.21. The van der Waals surface area contributed by atoms with Gasteiger partial charge in [0.25, 0.3) is 0 Å². The Labute approximate surface area is 177 Å². The molecule has 3 rings (SSSR count). The standard InChI is InChI=1S/C20H21F4N3O3S/c1-4-7-27-15-6-5-12(8-13(15)11(3)25-20(27)28)26-31(29,30)9-14-18(23)16(21)10(2)17(22)19(14)24/h5-6,8,11,26H,4,7,9H2,1-3H3,(H,25,28). The number of carbonyl (C=O) groups is 1. The van der Waals surface area contributed by atoms with Gasteiger partial charge in [-0.25, -0.2) is 30.8 Å². The molecule has 0 aromatic heterocycles. The molecular formula is C20H21F4N3O3S. The highest BCUT2D eigenvalue weighted by Gasteiger charge is 2.29. The molecule has 1 aliphatic rings. The van der Waals surface area contributed by atoms with Gasteiger partial charge >= 0.3 is 6.03 Å². The van der Waals surface area contributed by atoms with E-state index in [0.717, 1.165) is 6.92 Å². The van der Waals surface area contributed by atoms with Gasteiger partial charge in [-0.3, -0.25) is 9.62 Å². The maximum absolute atomic E-state index is 14.1. The SMILES string of the molecule is CCCN1C(=O)NC(C)c2cc(NS(=O)(=O)Cc3c(F)c(F)c(C)c(F)c3F)ccc21. The zero-order valence-electron chi connectivity index (χ0n) is 17.0. The van der Waals surface area contributed by atoms with E-state index in [-0.39, 0.29) is 11.7 Å². The van der Waals surface area contributed by atoms with E-state index in [1.807, 2.05) is 6.92 Å². The van der Waals surface area contributed by atoms with Crippen molar-refractivity contribution in [2.75, 3.05) is 16.2 Å². The fraction of sp³-hybridized carbons (Fsp3) is 0.350. The minimum atomic E-state index is -4.42. The van der Waals surface area contributed by atoms with Gasteiger partial charge in [0.05, 0.1) is 11.7 Å². The van der Waals surface area contributed by atoms with Gasteiger partial charge in [-0.1, -0.05) is 6.92 Å². The maximum Gasteiger partial charge on any atom is 0.322 e. The lowest BCUT2D eigenvalue weighted by Crippen LogP contribution is -2.46. The Morgan fingerprint density at radius 3 is 2.29 bits per heavy atom. The molecule has 1 atom stereocenters. The molecule has 0 spiro atoms. The van der Waals surface area contributed by atoms with Crippen LogP contribution in [0.3, 0.4) is 0 Å². The monoisotopic (exact) mass is 459 g/mol. The Hall–Kier alpha value is -2.82. The Morgan fingerprint density at radius 1 is 1.10 bits per heavy atom. The van der Waals surface area contributed by atoms with Gasteiger partial charge in [0.15, 0.2) is 23.3 Å². The van der Waals surface area contributed by atoms with Crippen molar-refractivity contribution in [2.24, 2.45) is 0 Å². The van der Waals surface area contributed by atoms with Crippen LogP contribution in [0.1, 0.15) is 43.0 Å². The number of nitrogens with one attached hydrogen (secondary N) is 2. The fourth-order valence-electron chi connectivity index (χ4n) is 3.43. The molecular weight excluding hydrogens is 438 g/mol. The van der Waals surface area contributed by atoms with Crippen LogP contribution in [-0.2, 0) is 15.8 Å². The van der Waals surface area contributed by atoms with Crippen LogP contribution in [0, 0.1) is 30.2 Å². The molecule has 2 N–H and O–H groups in total. The average Bonchev–Trinajstić information content (AvgIpc) is 2.71. The van der Waals surface area contributed by atoms with Crippen LogP contribution >= 0.6 is 0 Å². The first-order valence-corrected chi connectivity index (χ1v) is 11.2.